The molecule has 0 saturated heterocycles. The van der Waals surface area contributed by atoms with Crippen molar-refractivity contribution in [3.8, 4) is 0 Å². The van der Waals surface area contributed by atoms with Crippen molar-refractivity contribution in [3.63, 3.8) is 0 Å². The fourth-order valence-electron chi connectivity index (χ4n) is 2.41. The summed E-state index contributed by atoms with van der Waals surface area (Å²) >= 11 is 0. The Hall–Kier alpha value is -3.02. The summed E-state index contributed by atoms with van der Waals surface area (Å²) in [5.41, 5.74) is 8.64. The van der Waals surface area contributed by atoms with Crippen LogP contribution in [0.3, 0.4) is 0 Å². The average Bonchev–Trinajstić information content (AvgIpc) is 2.71. The number of anilines is 2. The van der Waals surface area contributed by atoms with Crippen LogP contribution in [-0.4, -0.2) is 23.4 Å². The van der Waals surface area contributed by atoms with E-state index in [4.69, 9.17) is 10.5 Å². The summed E-state index contributed by atoms with van der Waals surface area (Å²) in [7, 11) is 0. The first kappa shape index (κ1) is 14.9. The van der Waals surface area contributed by atoms with E-state index >= 15 is 0 Å². The SMILES string of the molecule is Nc1ccc2c(c1)NC(=O)CN(C(=O)OCc1ccccc1)C2. The summed E-state index contributed by atoms with van der Waals surface area (Å²) in [5.74, 6) is -0.272. The molecule has 2 aromatic carbocycles. The topological polar surface area (TPSA) is 84.7 Å². The minimum absolute atomic E-state index is 0.0534. The second kappa shape index (κ2) is 6.39. The molecule has 1 aliphatic rings. The Morgan fingerprint density at radius 1 is 1.17 bits per heavy atom. The number of amides is 2. The number of carbonyl (C=O) groups excluding carboxylic acids is 2. The van der Waals surface area contributed by atoms with Gasteiger partial charge in [-0.05, 0) is 23.3 Å². The van der Waals surface area contributed by atoms with Crippen molar-refractivity contribution < 1.29 is 14.3 Å². The first-order valence-corrected chi connectivity index (χ1v) is 7.26. The van der Waals surface area contributed by atoms with Crippen LogP contribution in [0.5, 0.6) is 0 Å². The molecule has 0 spiro atoms. The minimum Gasteiger partial charge on any atom is -0.445 e. The largest absolute Gasteiger partial charge is 0.445 e. The van der Waals surface area contributed by atoms with Crippen LogP contribution < -0.4 is 11.1 Å². The Morgan fingerprint density at radius 2 is 1.96 bits per heavy atom. The molecule has 1 aliphatic heterocycles. The summed E-state index contributed by atoms with van der Waals surface area (Å²) in [6.45, 7) is 0.413. The molecule has 1 heterocycles. The highest BCUT2D eigenvalue weighted by atomic mass is 16.6. The van der Waals surface area contributed by atoms with Crippen LogP contribution in [0.25, 0.3) is 0 Å². The Bertz CT molecular complexity index is 731. The predicted octanol–water partition coefficient (Wildman–Crippen LogP) is 2.36. The van der Waals surface area contributed by atoms with Crippen molar-refractivity contribution >= 4 is 23.4 Å². The van der Waals surface area contributed by atoms with Gasteiger partial charge in [-0.3, -0.25) is 9.69 Å². The zero-order chi connectivity index (χ0) is 16.2. The molecule has 2 amide bonds. The lowest BCUT2D eigenvalue weighted by atomic mass is 10.1. The number of rotatable bonds is 2. The zero-order valence-electron chi connectivity index (χ0n) is 12.5. The summed E-state index contributed by atoms with van der Waals surface area (Å²) in [4.78, 5) is 25.6. The van der Waals surface area contributed by atoms with E-state index in [-0.39, 0.29) is 19.1 Å². The van der Waals surface area contributed by atoms with Gasteiger partial charge in [0.2, 0.25) is 5.91 Å². The fourth-order valence-corrected chi connectivity index (χ4v) is 2.41. The monoisotopic (exact) mass is 311 g/mol. The highest BCUT2D eigenvalue weighted by molar-refractivity contribution is 5.96. The highest BCUT2D eigenvalue weighted by Gasteiger charge is 2.24. The van der Waals surface area contributed by atoms with Gasteiger partial charge in [-0.1, -0.05) is 36.4 Å². The van der Waals surface area contributed by atoms with Crippen LogP contribution in [0.2, 0.25) is 0 Å². The van der Waals surface area contributed by atoms with Gasteiger partial charge >= 0.3 is 6.09 Å². The van der Waals surface area contributed by atoms with Gasteiger partial charge in [0.15, 0.2) is 0 Å². The molecular weight excluding hydrogens is 294 g/mol. The summed E-state index contributed by atoms with van der Waals surface area (Å²) in [5, 5.41) is 2.75. The van der Waals surface area contributed by atoms with Crippen molar-refractivity contribution in [2.45, 2.75) is 13.2 Å². The molecule has 23 heavy (non-hydrogen) atoms. The van der Waals surface area contributed by atoms with Crippen LogP contribution in [0, 0.1) is 0 Å². The first-order valence-electron chi connectivity index (χ1n) is 7.26. The molecule has 0 radical (unpaired) electrons. The zero-order valence-corrected chi connectivity index (χ0v) is 12.5. The number of benzene rings is 2. The van der Waals surface area contributed by atoms with Crippen LogP contribution in [0.4, 0.5) is 16.2 Å². The lowest BCUT2D eigenvalue weighted by molar-refractivity contribution is -0.117. The molecule has 6 heteroatoms. The third kappa shape index (κ3) is 3.60. The molecule has 0 aromatic heterocycles. The van der Waals surface area contributed by atoms with Gasteiger partial charge in [0.1, 0.15) is 13.2 Å². The molecule has 0 bridgehead atoms. The molecule has 0 aliphatic carbocycles. The van der Waals surface area contributed by atoms with E-state index in [9.17, 15) is 9.59 Å². The Morgan fingerprint density at radius 3 is 2.74 bits per heavy atom. The maximum absolute atomic E-state index is 12.2. The maximum atomic E-state index is 12.2. The molecule has 0 saturated carbocycles. The Balaban J connectivity index is 1.70. The van der Waals surface area contributed by atoms with E-state index in [0.717, 1.165) is 11.1 Å². The number of hydrogen-bond donors (Lipinski definition) is 2. The summed E-state index contributed by atoms with van der Waals surface area (Å²) in [6, 6.07) is 14.6. The predicted molar refractivity (Wildman–Crippen MR) is 86.5 cm³/mol. The van der Waals surface area contributed by atoms with Crippen molar-refractivity contribution in [2.75, 3.05) is 17.6 Å². The van der Waals surface area contributed by atoms with Crippen LogP contribution in [0.1, 0.15) is 11.1 Å². The molecule has 0 atom stereocenters. The van der Waals surface area contributed by atoms with Crippen molar-refractivity contribution in [1.29, 1.82) is 0 Å². The molecule has 0 unspecified atom stereocenters. The lowest BCUT2D eigenvalue weighted by Gasteiger charge is -2.19. The molecular formula is C17H17N3O3. The average molecular weight is 311 g/mol. The van der Waals surface area contributed by atoms with E-state index in [0.29, 0.717) is 17.9 Å². The fraction of sp³-hybridized carbons (Fsp3) is 0.176. The lowest BCUT2D eigenvalue weighted by Crippen LogP contribution is -2.35. The molecule has 3 rings (SSSR count). The van der Waals surface area contributed by atoms with E-state index in [1.165, 1.54) is 4.90 Å². The van der Waals surface area contributed by atoms with Crippen molar-refractivity contribution in [1.82, 2.24) is 4.90 Å². The number of hydrogen-bond acceptors (Lipinski definition) is 4. The number of nitrogens with two attached hydrogens (primary N) is 1. The third-order valence-corrected chi connectivity index (χ3v) is 3.57. The summed E-state index contributed by atoms with van der Waals surface area (Å²) < 4.78 is 5.29. The van der Waals surface area contributed by atoms with E-state index < -0.39 is 6.09 Å². The second-order valence-electron chi connectivity index (χ2n) is 5.36. The van der Waals surface area contributed by atoms with Gasteiger partial charge < -0.3 is 15.8 Å². The van der Waals surface area contributed by atoms with Crippen molar-refractivity contribution in [3.05, 3.63) is 59.7 Å². The second-order valence-corrected chi connectivity index (χ2v) is 5.36. The van der Waals surface area contributed by atoms with Crippen molar-refractivity contribution in [2.24, 2.45) is 0 Å². The number of nitrogens with one attached hydrogen (secondary N) is 1. The van der Waals surface area contributed by atoms with Gasteiger partial charge in [-0.25, -0.2) is 4.79 Å². The summed E-state index contributed by atoms with van der Waals surface area (Å²) in [6.07, 6.45) is -0.520. The smallest absolute Gasteiger partial charge is 0.410 e. The maximum Gasteiger partial charge on any atom is 0.410 e. The van der Waals surface area contributed by atoms with Gasteiger partial charge in [0.25, 0.3) is 0 Å². The number of fused-ring (bicyclic) bond motifs is 1. The van der Waals surface area contributed by atoms with Gasteiger partial charge in [0.05, 0.1) is 6.54 Å². The molecule has 6 nitrogen and oxygen atoms in total. The first-order chi connectivity index (χ1) is 11.1. The third-order valence-electron chi connectivity index (χ3n) is 3.57. The Labute approximate surface area is 133 Å². The highest BCUT2D eigenvalue weighted by Crippen LogP contribution is 2.23. The number of nitrogen functional groups attached to an aromatic ring is 1. The molecule has 2 aromatic rings. The number of ether oxygens (including phenoxy) is 1. The van der Waals surface area contributed by atoms with Crippen LogP contribution in [0.15, 0.2) is 48.5 Å². The van der Waals surface area contributed by atoms with Crippen LogP contribution in [-0.2, 0) is 22.7 Å². The van der Waals surface area contributed by atoms with E-state index in [1.807, 2.05) is 30.3 Å². The Kier molecular flexibility index (Phi) is 4.14. The van der Waals surface area contributed by atoms with E-state index in [1.54, 1.807) is 18.2 Å². The van der Waals surface area contributed by atoms with E-state index in [2.05, 4.69) is 5.32 Å². The van der Waals surface area contributed by atoms with Gasteiger partial charge in [-0.15, -0.1) is 0 Å². The quantitative estimate of drug-likeness (QED) is 0.834. The molecule has 118 valence electrons. The van der Waals surface area contributed by atoms with Gasteiger partial charge in [-0.2, -0.15) is 0 Å². The van der Waals surface area contributed by atoms with Gasteiger partial charge in [0, 0.05) is 11.4 Å². The molecule has 3 N–H and O–H groups in total. The standard InChI is InChI=1S/C17H17N3O3/c18-14-7-6-13-9-20(10-16(21)19-15(13)8-14)17(22)23-11-12-4-2-1-3-5-12/h1-8H,9-11,18H2,(H,19,21). The number of carbonyl (C=O) groups is 2. The normalized spacial score (nSPS) is 13.7. The van der Waals surface area contributed by atoms with Crippen LogP contribution >= 0.6 is 0 Å². The minimum atomic E-state index is -0.520. The molecule has 0 fully saturated rings. The number of nitrogens with zero attached hydrogens (tertiary/aromatic N) is 1.